The van der Waals surface area contributed by atoms with Crippen LogP contribution in [0.25, 0.3) is 0 Å². The van der Waals surface area contributed by atoms with Crippen LogP contribution in [0.2, 0.25) is 0 Å². The highest BCUT2D eigenvalue weighted by Crippen LogP contribution is 2.43. The van der Waals surface area contributed by atoms with Gasteiger partial charge in [0.2, 0.25) is 5.91 Å². The molecule has 9 heteroatoms. The van der Waals surface area contributed by atoms with Gasteiger partial charge >= 0.3 is 6.18 Å². The summed E-state index contributed by atoms with van der Waals surface area (Å²) in [4.78, 5) is 23.5. The average molecular weight is 408 g/mol. The topological polar surface area (TPSA) is 81.5 Å². The van der Waals surface area contributed by atoms with Gasteiger partial charge in [-0.05, 0) is 36.6 Å². The van der Waals surface area contributed by atoms with Gasteiger partial charge in [0.25, 0.3) is 5.69 Å². The van der Waals surface area contributed by atoms with Crippen LogP contribution in [0.15, 0.2) is 42.5 Å². The summed E-state index contributed by atoms with van der Waals surface area (Å²) >= 11 is 0. The molecule has 0 aliphatic heterocycles. The lowest BCUT2D eigenvalue weighted by molar-refractivity contribution is -0.384. The number of alkyl halides is 3. The second kappa shape index (κ2) is 7.73. The average Bonchev–Trinajstić information content (AvgIpc) is 3.18. The summed E-state index contributed by atoms with van der Waals surface area (Å²) < 4.78 is 44.5. The molecule has 0 unspecified atom stereocenters. The Labute approximate surface area is 164 Å². The molecule has 0 saturated heterocycles. The SMILES string of the molecule is COc1ccc(NC(=O)C2(c3ccc([N+](=O)[O-])cc3)CCCC2)cc1C(F)(F)F. The van der Waals surface area contributed by atoms with E-state index in [1.54, 1.807) is 0 Å². The molecule has 1 saturated carbocycles. The van der Waals surface area contributed by atoms with Crippen LogP contribution in [0.5, 0.6) is 5.75 Å². The molecular weight excluding hydrogens is 389 g/mol. The molecule has 2 aromatic rings. The first kappa shape index (κ1) is 20.6. The molecule has 0 bridgehead atoms. The number of carbonyl (C=O) groups excluding carboxylic acids is 1. The third-order valence-electron chi connectivity index (χ3n) is 5.29. The van der Waals surface area contributed by atoms with Crippen LogP contribution < -0.4 is 10.1 Å². The van der Waals surface area contributed by atoms with Crippen LogP contribution in [-0.4, -0.2) is 17.9 Å². The lowest BCUT2D eigenvalue weighted by Gasteiger charge is -2.28. The van der Waals surface area contributed by atoms with E-state index < -0.39 is 28.0 Å². The van der Waals surface area contributed by atoms with Crippen molar-refractivity contribution in [2.24, 2.45) is 0 Å². The number of carbonyl (C=O) groups is 1. The van der Waals surface area contributed by atoms with E-state index in [4.69, 9.17) is 4.74 Å². The number of hydrogen-bond donors (Lipinski definition) is 1. The molecule has 3 rings (SSSR count). The van der Waals surface area contributed by atoms with Crippen molar-refractivity contribution in [1.82, 2.24) is 0 Å². The Morgan fingerprint density at radius 1 is 1.14 bits per heavy atom. The first-order valence-electron chi connectivity index (χ1n) is 8.99. The van der Waals surface area contributed by atoms with Crippen molar-refractivity contribution in [1.29, 1.82) is 0 Å². The molecule has 0 spiro atoms. The largest absolute Gasteiger partial charge is 0.496 e. The molecular formula is C20H19F3N2O4. The van der Waals surface area contributed by atoms with E-state index in [1.165, 1.54) is 30.3 Å². The van der Waals surface area contributed by atoms with E-state index in [9.17, 15) is 28.1 Å². The van der Waals surface area contributed by atoms with Gasteiger partial charge in [-0.15, -0.1) is 0 Å². The zero-order valence-electron chi connectivity index (χ0n) is 15.6. The number of amides is 1. The van der Waals surface area contributed by atoms with E-state index in [2.05, 4.69) is 5.32 Å². The molecule has 0 heterocycles. The maximum Gasteiger partial charge on any atom is 0.420 e. The predicted molar refractivity (Wildman–Crippen MR) is 99.9 cm³/mol. The number of non-ortho nitro benzene ring substituents is 1. The molecule has 0 radical (unpaired) electrons. The van der Waals surface area contributed by atoms with Crippen molar-refractivity contribution in [3.8, 4) is 5.75 Å². The summed E-state index contributed by atoms with van der Waals surface area (Å²) in [6.07, 6.45) is -2.05. The van der Waals surface area contributed by atoms with Gasteiger partial charge in [-0.25, -0.2) is 0 Å². The Morgan fingerprint density at radius 3 is 2.28 bits per heavy atom. The van der Waals surface area contributed by atoms with E-state index in [1.807, 2.05) is 0 Å². The van der Waals surface area contributed by atoms with Crippen LogP contribution >= 0.6 is 0 Å². The molecule has 154 valence electrons. The highest BCUT2D eigenvalue weighted by molar-refractivity contribution is 5.99. The third kappa shape index (κ3) is 4.03. The van der Waals surface area contributed by atoms with Crippen molar-refractivity contribution in [3.63, 3.8) is 0 Å². The molecule has 0 aromatic heterocycles. The van der Waals surface area contributed by atoms with Crippen LogP contribution in [0.3, 0.4) is 0 Å². The van der Waals surface area contributed by atoms with Gasteiger partial charge in [-0.2, -0.15) is 13.2 Å². The summed E-state index contributed by atoms with van der Waals surface area (Å²) in [5, 5.41) is 13.5. The molecule has 6 nitrogen and oxygen atoms in total. The van der Waals surface area contributed by atoms with Gasteiger partial charge in [0, 0.05) is 17.8 Å². The first-order chi connectivity index (χ1) is 13.7. The lowest BCUT2D eigenvalue weighted by Crippen LogP contribution is -2.38. The van der Waals surface area contributed by atoms with Crippen molar-refractivity contribution in [2.45, 2.75) is 37.3 Å². The maximum atomic E-state index is 13.2. The minimum Gasteiger partial charge on any atom is -0.496 e. The number of halogens is 3. The normalized spacial score (nSPS) is 15.7. The van der Waals surface area contributed by atoms with Crippen molar-refractivity contribution in [2.75, 3.05) is 12.4 Å². The summed E-state index contributed by atoms with van der Waals surface area (Å²) in [6, 6.07) is 9.09. The summed E-state index contributed by atoms with van der Waals surface area (Å²) in [7, 11) is 1.14. The monoisotopic (exact) mass is 408 g/mol. The summed E-state index contributed by atoms with van der Waals surface area (Å²) in [6.45, 7) is 0. The Hall–Kier alpha value is -3.10. The number of benzene rings is 2. The van der Waals surface area contributed by atoms with Crippen molar-refractivity contribution in [3.05, 3.63) is 63.7 Å². The number of anilines is 1. The number of nitro groups is 1. The van der Waals surface area contributed by atoms with Gasteiger partial charge in [-0.3, -0.25) is 14.9 Å². The number of ether oxygens (including phenoxy) is 1. The Bertz CT molecular complexity index is 920. The molecule has 1 aliphatic rings. The van der Waals surface area contributed by atoms with Gasteiger partial charge in [0.15, 0.2) is 0 Å². The van der Waals surface area contributed by atoms with Gasteiger partial charge in [0.1, 0.15) is 5.75 Å². The fourth-order valence-electron chi connectivity index (χ4n) is 3.79. The molecule has 29 heavy (non-hydrogen) atoms. The molecule has 1 fully saturated rings. The quantitative estimate of drug-likeness (QED) is 0.553. The van der Waals surface area contributed by atoms with E-state index >= 15 is 0 Å². The Kier molecular flexibility index (Phi) is 5.50. The number of methoxy groups -OCH3 is 1. The molecule has 2 aromatic carbocycles. The first-order valence-corrected chi connectivity index (χ1v) is 8.99. The number of rotatable bonds is 5. The highest BCUT2D eigenvalue weighted by atomic mass is 19.4. The summed E-state index contributed by atoms with van der Waals surface area (Å²) in [5.74, 6) is -0.761. The summed E-state index contributed by atoms with van der Waals surface area (Å²) in [5.41, 5.74) is -1.38. The predicted octanol–water partition coefficient (Wildman–Crippen LogP) is 5.07. The number of nitro benzene ring substituents is 1. The minimum absolute atomic E-state index is 0.0105. The van der Waals surface area contributed by atoms with Crippen LogP contribution in [0, 0.1) is 10.1 Å². The Morgan fingerprint density at radius 2 is 1.76 bits per heavy atom. The van der Waals surface area contributed by atoms with Gasteiger partial charge in [-0.1, -0.05) is 25.0 Å². The van der Waals surface area contributed by atoms with E-state index in [0.29, 0.717) is 18.4 Å². The number of nitrogens with one attached hydrogen (secondary N) is 1. The van der Waals surface area contributed by atoms with Crippen molar-refractivity contribution < 1.29 is 27.6 Å². The zero-order valence-corrected chi connectivity index (χ0v) is 15.6. The zero-order chi connectivity index (χ0) is 21.2. The lowest BCUT2D eigenvalue weighted by atomic mass is 9.78. The molecule has 1 aliphatic carbocycles. The number of nitrogens with zero attached hydrogens (tertiary/aromatic N) is 1. The highest BCUT2D eigenvalue weighted by Gasteiger charge is 2.43. The Balaban J connectivity index is 1.92. The molecule has 1 amide bonds. The van der Waals surface area contributed by atoms with Crippen LogP contribution in [-0.2, 0) is 16.4 Å². The van der Waals surface area contributed by atoms with Crippen LogP contribution in [0.1, 0.15) is 36.8 Å². The number of hydrogen-bond acceptors (Lipinski definition) is 4. The minimum atomic E-state index is -4.63. The van der Waals surface area contributed by atoms with Crippen molar-refractivity contribution >= 4 is 17.3 Å². The molecule has 0 atom stereocenters. The van der Waals surface area contributed by atoms with Crippen LogP contribution in [0.4, 0.5) is 24.5 Å². The second-order valence-electron chi connectivity index (χ2n) is 6.96. The smallest absolute Gasteiger partial charge is 0.420 e. The second-order valence-corrected chi connectivity index (χ2v) is 6.96. The van der Waals surface area contributed by atoms with E-state index in [-0.39, 0.29) is 17.1 Å². The maximum absolute atomic E-state index is 13.2. The molecule has 1 N–H and O–H groups in total. The van der Waals surface area contributed by atoms with Gasteiger partial charge in [0.05, 0.1) is 23.0 Å². The third-order valence-corrected chi connectivity index (χ3v) is 5.29. The van der Waals surface area contributed by atoms with Gasteiger partial charge < -0.3 is 10.1 Å². The van der Waals surface area contributed by atoms with E-state index in [0.717, 1.165) is 32.1 Å². The standard InChI is InChI=1S/C20H19F3N2O4/c1-29-17-9-6-14(12-16(17)20(21,22)23)24-18(26)19(10-2-3-11-19)13-4-7-15(8-5-13)25(27)28/h4-9,12H,2-3,10-11H2,1H3,(H,24,26). The fraction of sp³-hybridized carbons (Fsp3) is 0.350. The fourth-order valence-corrected chi connectivity index (χ4v) is 3.79.